The van der Waals surface area contributed by atoms with Crippen molar-refractivity contribution < 1.29 is 29.4 Å². The van der Waals surface area contributed by atoms with E-state index in [1.165, 1.54) is 5.57 Å². The van der Waals surface area contributed by atoms with Crippen LogP contribution in [0.4, 0.5) is 0 Å². The van der Waals surface area contributed by atoms with E-state index in [0.717, 1.165) is 50.7 Å². The van der Waals surface area contributed by atoms with Crippen LogP contribution in [0.2, 0.25) is 0 Å². The highest BCUT2D eigenvalue weighted by molar-refractivity contribution is 5.96. The number of amides is 2. The SMILES string of the molecule is C#CC1(O)CCC2C3CCC4=CC(=NOCC(=O)NC(C(=O)NCC(=O)O)C(C)C)CCC4(C)C3CCC21C. The van der Waals surface area contributed by atoms with Gasteiger partial charge < -0.3 is 25.7 Å². The summed E-state index contributed by atoms with van der Waals surface area (Å²) in [5, 5.41) is 29.1. The van der Waals surface area contributed by atoms with Crippen molar-refractivity contribution in [3.8, 4) is 12.3 Å². The summed E-state index contributed by atoms with van der Waals surface area (Å²) in [5.41, 5.74) is 1.10. The zero-order valence-corrected chi connectivity index (χ0v) is 23.6. The molecule has 0 heterocycles. The summed E-state index contributed by atoms with van der Waals surface area (Å²) >= 11 is 0. The normalized spacial score (nSPS) is 37.0. The van der Waals surface area contributed by atoms with Crippen LogP contribution in [-0.4, -0.2) is 58.5 Å². The molecule has 4 aliphatic carbocycles. The van der Waals surface area contributed by atoms with Crippen LogP contribution in [0.15, 0.2) is 16.8 Å². The fourth-order valence-corrected chi connectivity index (χ4v) is 8.09. The minimum Gasteiger partial charge on any atom is -0.480 e. The number of aliphatic hydroxyl groups is 1. The molecule has 0 radical (unpaired) electrons. The van der Waals surface area contributed by atoms with Crippen LogP contribution in [0.1, 0.15) is 79.1 Å². The van der Waals surface area contributed by atoms with Crippen molar-refractivity contribution in [2.75, 3.05) is 13.2 Å². The number of carboxylic acids is 1. The largest absolute Gasteiger partial charge is 0.480 e. The third-order valence-electron chi connectivity index (χ3n) is 10.4. The van der Waals surface area contributed by atoms with E-state index in [1.807, 2.05) is 0 Å². The molecule has 0 aromatic heterocycles. The number of fused-ring (bicyclic) bond motifs is 5. The Morgan fingerprint density at radius 1 is 1.15 bits per heavy atom. The standard InChI is InChI=1S/C30H43N3O6/c1-6-30(38)14-11-23-21-8-7-19-15-20(9-12-28(19,4)22(21)10-13-29(23,30)5)33-39-17-24(34)32-26(18(2)3)27(37)31-16-25(35)36/h1,15,18,21-23,26,38H,7-14,16-17H2,2-5H3,(H,31,37)(H,32,34)(H,35,36). The van der Waals surface area contributed by atoms with Crippen LogP contribution >= 0.6 is 0 Å². The van der Waals surface area contributed by atoms with Crippen molar-refractivity contribution in [2.45, 2.75) is 90.7 Å². The van der Waals surface area contributed by atoms with E-state index in [2.05, 4.69) is 41.6 Å². The third-order valence-corrected chi connectivity index (χ3v) is 10.4. The Morgan fingerprint density at radius 2 is 1.87 bits per heavy atom. The zero-order valence-electron chi connectivity index (χ0n) is 23.6. The molecule has 9 heteroatoms. The first-order chi connectivity index (χ1) is 18.3. The van der Waals surface area contributed by atoms with Gasteiger partial charge in [0.05, 0.1) is 5.71 Å². The van der Waals surface area contributed by atoms with Gasteiger partial charge in [0.15, 0.2) is 6.61 Å². The van der Waals surface area contributed by atoms with Gasteiger partial charge in [-0.15, -0.1) is 6.42 Å². The number of hydrogen-bond donors (Lipinski definition) is 4. The van der Waals surface area contributed by atoms with Crippen molar-refractivity contribution in [1.29, 1.82) is 0 Å². The van der Waals surface area contributed by atoms with E-state index in [-0.39, 0.29) is 23.4 Å². The predicted octanol–water partition coefficient (Wildman–Crippen LogP) is 3.03. The number of allylic oxidation sites excluding steroid dienone is 2. The summed E-state index contributed by atoms with van der Waals surface area (Å²) in [5.74, 6) is 1.90. The maximum absolute atomic E-state index is 12.4. The number of rotatable bonds is 8. The van der Waals surface area contributed by atoms with Crippen LogP contribution in [0, 0.1) is 46.8 Å². The summed E-state index contributed by atoms with van der Waals surface area (Å²) < 4.78 is 0. The van der Waals surface area contributed by atoms with Gasteiger partial charge in [-0.3, -0.25) is 14.4 Å². The van der Waals surface area contributed by atoms with Gasteiger partial charge in [-0.2, -0.15) is 0 Å². The Kier molecular flexibility index (Phi) is 8.18. The molecule has 0 aromatic rings. The topological polar surface area (TPSA) is 137 Å². The first kappa shape index (κ1) is 29.1. The number of carbonyl (C=O) groups excluding carboxylic acids is 2. The van der Waals surface area contributed by atoms with Gasteiger partial charge in [0.2, 0.25) is 5.91 Å². The van der Waals surface area contributed by atoms with E-state index in [4.69, 9.17) is 16.4 Å². The fraction of sp³-hybridized carbons (Fsp3) is 0.733. The number of nitrogens with zero attached hydrogens (tertiary/aromatic N) is 1. The predicted molar refractivity (Wildman–Crippen MR) is 146 cm³/mol. The quantitative estimate of drug-likeness (QED) is 0.275. The lowest BCUT2D eigenvalue weighted by molar-refractivity contribution is -0.138. The molecule has 0 saturated heterocycles. The number of terminal acetylenes is 1. The molecule has 4 rings (SSSR count). The second-order valence-electron chi connectivity index (χ2n) is 12.8. The van der Waals surface area contributed by atoms with Crippen molar-refractivity contribution in [3.05, 3.63) is 11.6 Å². The number of carbonyl (C=O) groups is 3. The molecule has 3 saturated carbocycles. The van der Waals surface area contributed by atoms with E-state index >= 15 is 0 Å². The number of oxime groups is 1. The van der Waals surface area contributed by atoms with Gasteiger partial charge >= 0.3 is 5.97 Å². The number of nitrogens with one attached hydrogen (secondary N) is 2. The molecule has 7 unspecified atom stereocenters. The lowest BCUT2D eigenvalue weighted by Crippen LogP contribution is -2.54. The molecule has 7 atom stereocenters. The van der Waals surface area contributed by atoms with Gasteiger partial charge in [-0.1, -0.05) is 44.3 Å². The molecule has 214 valence electrons. The molecule has 4 aliphatic rings. The molecular formula is C30H43N3O6. The Labute approximate surface area is 231 Å². The summed E-state index contributed by atoms with van der Waals surface area (Å²) in [7, 11) is 0. The highest BCUT2D eigenvalue weighted by Crippen LogP contribution is 2.67. The summed E-state index contributed by atoms with van der Waals surface area (Å²) in [6.07, 6.45) is 15.5. The number of aliphatic carboxylic acids is 1. The number of carboxylic acid groups (broad SMARTS) is 1. The maximum atomic E-state index is 12.4. The lowest BCUT2D eigenvalue weighted by atomic mass is 9.46. The zero-order chi connectivity index (χ0) is 28.6. The molecule has 2 amide bonds. The van der Waals surface area contributed by atoms with E-state index < -0.39 is 36.0 Å². The van der Waals surface area contributed by atoms with E-state index in [9.17, 15) is 19.5 Å². The second-order valence-corrected chi connectivity index (χ2v) is 12.8. The monoisotopic (exact) mass is 541 g/mol. The highest BCUT2D eigenvalue weighted by Gasteiger charge is 2.63. The van der Waals surface area contributed by atoms with Crippen molar-refractivity contribution >= 4 is 23.5 Å². The lowest BCUT2D eigenvalue weighted by Gasteiger charge is -2.58. The molecule has 0 bridgehead atoms. The summed E-state index contributed by atoms with van der Waals surface area (Å²) in [4.78, 5) is 40.8. The number of hydrogen-bond acceptors (Lipinski definition) is 6. The van der Waals surface area contributed by atoms with Crippen LogP contribution in [0.3, 0.4) is 0 Å². The Bertz CT molecular complexity index is 1110. The van der Waals surface area contributed by atoms with Gasteiger partial charge in [-0.25, -0.2) is 0 Å². The molecule has 9 nitrogen and oxygen atoms in total. The van der Waals surface area contributed by atoms with E-state index in [1.54, 1.807) is 13.8 Å². The highest BCUT2D eigenvalue weighted by atomic mass is 16.6. The average molecular weight is 542 g/mol. The minimum atomic E-state index is -1.15. The van der Waals surface area contributed by atoms with Crippen LogP contribution in [0.25, 0.3) is 0 Å². The van der Waals surface area contributed by atoms with Gasteiger partial charge in [-0.05, 0) is 86.5 Å². The van der Waals surface area contributed by atoms with Gasteiger partial charge in [0.1, 0.15) is 18.2 Å². The Balaban J connectivity index is 1.36. The van der Waals surface area contributed by atoms with Gasteiger partial charge in [0, 0.05) is 5.41 Å². The first-order valence-electron chi connectivity index (χ1n) is 14.2. The fourth-order valence-electron chi connectivity index (χ4n) is 8.09. The van der Waals surface area contributed by atoms with Crippen LogP contribution in [-0.2, 0) is 19.2 Å². The average Bonchev–Trinajstić information content (AvgIpc) is 3.16. The third kappa shape index (κ3) is 5.32. The summed E-state index contributed by atoms with van der Waals surface area (Å²) in [6, 6.07) is -0.866. The van der Waals surface area contributed by atoms with Gasteiger partial charge in [0.25, 0.3) is 5.91 Å². The van der Waals surface area contributed by atoms with Crippen LogP contribution in [0.5, 0.6) is 0 Å². The molecule has 39 heavy (non-hydrogen) atoms. The smallest absolute Gasteiger partial charge is 0.322 e. The Morgan fingerprint density at radius 3 is 2.54 bits per heavy atom. The van der Waals surface area contributed by atoms with Crippen molar-refractivity contribution in [1.82, 2.24) is 10.6 Å². The molecule has 0 spiro atoms. The molecule has 4 N–H and O–H groups in total. The van der Waals surface area contributed by atoms with Crippen molar-refractivity contribution in [2.24, 2.45) is 39.7 Å². The second kappa shape index (κ2) is 11.0. The van der Waals surface area contributed by atoms with Crippen LogP contribution < -0.4 is 10.6 Å². The molecular weight excluding hydrogens is 498 g/mol. The maximum Gasteiger partial charge on any atom is 0.322 e. The summed E-state index contributed by atoms with van der Waals surface area (Å²) in [6.45, 7) is 7.28. The molecule has 3 fully saturated rings. The first-order valence-corrected chi connectivity index (χ1v) is 14.2. The molecule has 0 aromatic carbocycles. The van der Waals surface area contributed by atoms with E-state index in [0.29, 0.717) is 24.2 Å². The molecule has 0 aliphatic heterocycles. The Hall–Kier alpha value is -2.86. The van der Waals surface area contributed by atoms with Crippen molar-refractivity contribution in [3.63, 3.8) is 0 Å². The minimum absolute atomic E-state index is 0.0886.